The monoisotopic (exact) mass is 264 g/mol. The molecule has 1 unspecified atom stereocenters. The molecule has 2 rings (SSSR count). The number of rotatable bonds is 5. The summed E-state index contributed by atoms with van der Waals surface area (Å²) >= 11 is 0. The molecule has 4 nitrogen and oxygen atoms in total. The Morgan fingerprint density at radius 1 is 1.47 bits per heavy atom. The highest BCUT2D eigenvalue weighted by molar-refractivity contribution is 5.35. The molecule has 0 spiro atoms. The molecule has 1 saturated heterocycles. The summed E-state index contributed by atoms with van der Waals surface area (Å²) < 4.78 is 11.6. The fraction of sp³-hybridized carbons (Fsp3) is 0.600. The van der Waals surface area contributed by atoms with Crippen molar-refractivity contribution in [1.29, 1.82) is 0 Å². The first kappa shape index (κ1) is 14.3. The van der Waals surface area contributed by atoms with Crippen molar-refractivity contribution in [3.05, 3.63) is 29.8 Å². The summed E-state index contributed by atoms with van der Waals surface area (Å²) in [6.07, 6.45) is 1.05. The number of para-hydroxylation sites is 1. The fourth-order valence-electron chi connectivity index (χ4n) is 2.29. The van der Waals surface area contributed by atoms with Crippen molar-refractivity contribution in [2.75, 3.05) is 33.4 Å². The Balaban J connectivity index is 1.95. The van der Waals surface area contributed by atoms with Crippen molar-refractivity contribution in [2.24, 2.45) is 5.73 Å². The smallest absolute Gasteiger partial charge is 0.124 e. The van der Waals surface area contributed by atoms with E-state index in [0.29, 0.717) is 6.61 Å². The predicted molar refractivity (Wildman–Crippen MR) is 76.4 cm³/mol. The first-order chi connectivity index (χ1) is 9.20. The van der Waals surface area contributed by atoms with Crippen molar-refractivity contribution in [3.63, 3.8) is 0 Å². The third kappa shape index (κ3) is 3.93. The molecule has 19 heavy (non-hydrogen) atoms. The molecule has 1 fully saturated rings. The van der Waals surface area contributed by atoms with Gasteiger partial charge in [0.25, 0.3) is 0 Å². The van der Waals surface area contributed by atoms with Gasteiger partial charge in [-0.2, -0.15) is 0 Å². The number of hydrogen-bond acceptors (Lipinski definition) is 4. The average Bonchev–Trinajstić information content (AvgIpc) is 2.45. The number of nitrogens with two attached hydrogens (primary N) is 1. The molecular formula is C15H24N2O2. The number of nitrogens with zero attached hydrogens (tertiary/aromatic N) is 1. The first-order valence-electron chi connectivity index (χ1n) is 6.98. The molecule has 2 N–H and O–H groups in total. The van der Waals surface area contributed by atoms with Crippen LogP contribution in [0.25, 0.3) is 0 Å². The van der Waals surface area contributed by atoms with E-state index in [9.17, 15) is 0 Å². The van der Waals surface area contributed by atoms with Crippen molar-refractivity contribution in [1.82, 2.24) is 4.90 Å². The van der Waals surface area contributed by atoms with E-state index in [1.165, 1.54) is 0 Å². The van der Waals surface area contributed by atoms with Gasteiger partial charge in [0.15, 0.2) is 0 Å². The van der Waals surface area contributed by atoms with Gasteiger partial charge in [-0.15, -0.1) is 0 Å². The van der Waals surface area contributed by atoms with Crippen LogP contribution in [0, 0.1) is 0 Å². The lowest BCUT2D eigenvalue weighted by molar-refractivity contribution is -0.0405. The summed E-state index contributed by atoms with van der Waals surface area (Å²) in [6, 6.07) is 8.04. The Kier molecular flexibility index (Phi) is 5.19. The van der Waals surface area contributed by atoms with Gasteiger partial charge in [0.05, 0.1) is 6.61 Å². The maximum atomic E-state index is 6.11. The third-order valence-corrected chi connectivity index (χ3v) is 3.52. The quantitative estimate of drug-likeness (QED) is 0.881. The van der Waals surface area contributed by atoms with Crippen LogP contribution in [-0.2, 0) is 4.74 Å². The minimum atomic E-state index is 0.0335. The Bertz CT molecular complexity index is 397. The van der Waals surface area contributed by atoms with Gasteiger partial charge in [0.2, 0.25) is 0 Å². The minimum Gasteiger partial charge on any atom is -0.490 e. The minimum absolute atomic E-state index is 0.0335. The van der Waals surface area contributed by atoms with Crippen LogP contribution in [0.4, 0.5) is 0 Å². The van der Waals surface area contributed by atoms with Gasteiger partial charge >= 0.3 is 0 Å². The highest BCUT2D eigenvalue weighted by Crippen LogP contribution is 2.25. The Hall–Kier alpha value is -1.10. The molecule has 0 bridgehead atoms. The molecule has 1 aromatic rings. The highest BCUT2D eigenvalue weighted by Gasteiger charge is 2.19. The van der Waals surface area contributed by atoms with E-state index in [1.807, 2.05) is 24.3 Å². The predicted octanol–water partition coefficient (Wildman–Crippen LogP) is 1.81. The summed E-state index contributed by atoms with van der Waals surface area (Å²) in [4.78, 5) is 2.27. The zero-order valence-electron chi connectivity index (χ0n) is 11.8. The number of ether oxygens (including phenoxy) is 2. The van der Waals surface area contributed by atoms with E-state index in [1.54, 1.807) is 0 Å². The second kappa shape index (κ2) is 6.89. The fourth-order valence-corrected chi connectivity index (χ4v) is 2.29. The average molecular weight is 264 g/mol. The first-order valence-corrected chi connectivity index (χ1v) is 6.98. The van der Waals surface area contributed by atoms with Crippen molar-refractivity contribution >= 4 is 0 Å². The van der Waals surface area contributed by atoms with Crippen molar-refractivity contribution in [3.8, 4) is 5.75 Å². The van der Waals surface area contributed by atoms with E-state index >= 15 is 0 Å². The summed E-state index contributed by atoms with van der Waals surface area (Å²) in [5.41, 5.74) is 7.18. The summed E-state index contributed by atoms with van der Waals surface area (Å²) in [6.45, 7) is 5.36. The van der Waals surface area contributed by atoms with Crippen LogP contribution < -0.4 is 10.5 Å². The topological polar surface area (TPSA) is 47.7 Å². The van der Waals surface area contributed by atoms with Gasteiger partial charge in [0.1, 0.15) is 18.5 Å². The number of benzene rings is 1. The standard InChI is InChI=1S/C15H24N2O2/c1-3-14(16)13-6-4-5-7-15(13)19-11-12-10-17(2)8-9-18-12/h4-7,12,14H,3,8-11,16H2,1-2H3/t12?,14-/m1/s1. The molecule has 1 aromatic carbocycles. The van der Waals surface area contributed by atoms with Crippen molar-refractivity contribution in [2.45, 2.75) is 25.5 Å². The molecular weight excluding hydrogens is 240 g/mol. The molecule has 0 aromatic heterocycles. The van der Waals surface area contributed by atoms with Crippen LogP contribution in [0.3, 0.4) is 0 Å². The zero-order chi connectivity index (χ0) is 13.7. The number of morpholine rings is 1. The third-order valence-electron chi connectivity index (χ3n) is 3.52. The Morgan fingerprint density at radius 2 is 2.26 bits per heavy atom. The Labute approximate surface area is 115 Å². The second-order valence-corrected chi connectivity index (χ2v) is 5.12. The summed E-state index contributed by atoms with van der Waals surface area (Å²) in [7, 11) is 2.11. The van der Waals surface area contributed by atoms with Gasteiger partial charge in [0, 0.05) is 24.7 Å². The van der Waals surface area contributed by atoms with Crippen LogP contribution in [-0.4, -0.2) is 44.4 Å². The van der Waals surface area contributed by atoms with E-state index in [4.69, 9.17) is 15.2 Å². The molecule has 1 aliphatic heterocycles. The molecule has 2 atom stereocenters. The van der Waals surface area contributed by atoms with Crippen LogP contribution in [0.2, 0.25) is 0 Å². The molecule has 0 amide bonds. The van der Waals surface area contributed by atoms with Crippen LogP contribution in [0.1, 0.15) is 24.9 Å². The number of hydrogen-bond donors (Lipinski definition) is 1. The lowest BCUT2D eigenvalue weighted by Crippen LogP contribution is -2.42. The van der Waals surface area contributed by atoms with Crippen molar-refractivity contribution < 1.29 is 9.47 Å². The van der Waals surface area contributed by atoms with E-state index in [-0.39, 0.29) is 12.1 Å². The van der Waals surface area contributed by atoms with Crippen LogP contribution >= 0.6 is 0 Å². The van der Waals surface area contributed by atoms with Gasteiger partial charge in [-0.1, -0.05) is 25.1 Å². The zero-order valence-corrected chi connectivity index (χ0v) is 11.8. The SMILES string of the molecule is CC[C@@H](N)c1ccccc1OCC1CN(C)CCO1. The highest BCUT2D eigenvalue weighted by atomic mass is 16.5. The van der Waals surface area contributed by atoms with E-state index in [0.717, 1.165) is 37.4 Å². The molecule has 0 radical (unpaired) electrons. The lowest BCUT2D eigenvalue weighted by atomic mass is 10.0. The lowest BCUT2D eigenvalue weighted by Gasteiger charge is -2.30. The number of likely N-dealkylation sites (N-methyl/N-ethyl adjacent to an activating group) is 1. The summed E-state index contributed by atoms with van der Waals surface area (Å²) in [5.74, 6) is 0.883. The van der Waals surface area contributed by atoms with E-state index in [2.05, 4.69) is 18.9 Å². The molecule has 0 aliphatic carbocycles. The largest absolute Gasteiger partial charge is 0.490 e. The maximum absolute atomic E-state index is 6.11. The molecule has 1 aliphatic rings. The molecule has 106 valence electrons. The van der Waals surface area contributed by atoms with Gasteiger partial charge in [-0.3, -0.25) is 0 Å². The normalized spacial score (nSPS) is 22.2. The maximum Gasteiger partial charge on any atom is 0.124 e. The van der Waals surface area contributed by atoms with Gasteiger partial charge < -0.3 is 20.1 Å². The summed E-state index contributed by atoms with van der Waals surface area (Å²) in [5, 5.41) is 0. The molecule has 0 saturated carbocycles. The van der Waals surface area contributed by atoms with Gasteiger partial charge in [-0.05, 0) is 19.5 Å². The molecule has 4 heteroatoms. The Morgan fingerprint density at radius 3 is 3.00 bits per heavy atom. The van der Waals surface area contributed by atoms with Gasteiger partial charge in [-0.25, -0.2) is 0 Å². The second-order valence-electron chi connectivity index (χ2n) is 5.12. The van der Waals surface area contributed by atoms with E-state index < -0.39 is 0 Å². The molecule has 1 heterocycles. The van der Waals surface area contributed by atoms with Crippen LogP contribution in [0.15, 0.2) is 24.3 Å². The van der Waals surface area contributed by atoms with Crippen LogP contribution in [0.5, 0.6) is 5.75 Å².